The van der Waals surface area contributed by atoms with Crippen LogP contribution in [0.3, 0.4) is 0 Å². The molecule has 0 spiro atoms. The minimum absolute atomic E-state index is 0.112. The largest absolute Gasteiger partial charge is 0.466 e. The molecule has 0 saturated carbocycles. The van der Waals surface area contributed by atoms with Gasteiger partial charge in [0.2, 0.25) is 0 Å². The number of rotatable bonds is 6. The normalized spacial score (nSPS) is 12.2. The second kappa shape index (κ2) is 7.45. The summed E-state index contributed by atoms with van der Waals surface area (Å²) in [7, 11) is 0. The van der Waals surface area contributed by atoms with Crippen LogP contribution in [0.25, 0.3) is 0 Å². The Labute approximate surface area is 111 Å². The van der Waals surface area contributed by atoms with Crippen molar-refractivity contribution in [1.29, 1.82) is 0 Å². The lowest BCUT2D eigenvalue weighted by Crippen LogP contribution is -2.28. The van der Waals surface area contributed by atoms with Gasteiger partial charge in [-0.05, 0) is 25.5 Å². The molecule has 0 fully saturated rings. The Morgan fingerprint density at radius 1 is 1.47 bits per heavy atom. The minimum Gasteiger partial charge on any atom is -0.466 e. The molecule has 0 aromatic heterocycles. The van der Waals surface area contributed by atoms with Crippen molar-refractivity contribution in [2.75, 3.05) is 6.61 Å². The summed E-state index contributed by atoms with van der Waals surface area (Å²) in [6.45, 7) is 4.97. The van der Waals surface area contributed by atoms with Crippen molar-refractivity contribution < 1.29 is 9.53 Å². The van der Waals surface area contributed by atoms with Crippen LogP contribution in [0.1, 0.15) is 25.8 Å². The highest BCUT2D eigenvalue weighted by Crippen LogP contribution is 2.15. The van der Waals surface area contributed by atoms with E-state index < -0.39 is 0 Å². The Morgan fingerprint density at radius 2 is 2.18 bits per heavy atom. The topological polar surface area (TPSA) is 38.3 Å². The second-order valence-corrected chi connectivity index (χ2v) is 4.74. The number of carbonyl (C=O) groups excluding carboxylic acids is 1. The van der Waals surface area contributed by atoms with Gasteiger partial charge in [0.05, 0.1) is 13.0 Å². The number of ether oxygens (including phenoxy) is 1. The van der Waals surface area contributed by atoms with Gasteiger partial charge in [-0.3, -0.25) is 4.79 Å². The van der Waals surface area contributed by atoms with E-state index in [1.807, 2.05) is 38.1 Å². The summed E-state index contributed by atoms with van der Waals surface area (Å²) in [6, 6.07) is 8.15. The molecule has 0 aliphatic carbocycles. The average molecular weight is 300 g/mol. The lowest BCUT2D eigenvalue weighted by Gasteiger charge is -2.13. The van der Waals surface area contributed by atoms with Crippen LogP contribution in [0.4, 0.5) is 0 Å². The second-order valence-electron chi connectivity index (χ2n) is 3.88. The predicted molar refractivity (Wildman–Crippen MR) is 71.7 cm³/mol. The van der Waals surface area contributed by atoms with E-state index in [4.69, 9.17) is 4.74 Å². The maximum Gasteiger partial charge on any atom is 0.307 e. The zero-order valence-electron chi connectivity index (χ0n) is 10.2. The highest BCUT2D eigenvalue weighted by Gasteiger charge is 2.09. The van der Waals surface area contributed by atoms with Gasteiger partial charge in [0.15, 0.2) is 0 Å². The molecule has 1 unspecified atom stereocenters. The third kappa shape index (κ3) is 5.33. The number of hydrogen-bond acceptors (Lipinski definition) is 3. The van der Waals surface area contributed by atoms with Crippen LogP contribution in [-0.4, -0.2) is 18.6 Å². The van der Waals surface area contributed by atoms with E-state index in [2.05, 4.69) is 21.2 Å². The molecule has 1 aromatic carbocycles. The van der Waals surface area contributed by atoms with Gasteiger partial charge in [-0.15, -0.1) is 0 Å². The van der Waals surface area contributed by atoms with Crippen LogP contribution >= 0.6 is 15.9 Å². The number of esters is 1. The van der Waals surface area contributed by atoms with E-state index in [0.29, 0.717) is 13.0 Å². The van der Waals surface area contributed by atoms with E-state index in [-0.39, 0.29) is 12.0 Å². The molecule has 1 aromatic rings. The fourth-order valence-corrected chi connectivity index (χ4v) is 1.89. The summed E-state index contributed by atoms with van der Waals surface area (Å²) >= 11 is 3.49. The molecular weight excluding hydrogens is 282 g/mol. The molecule has 4 heteroatoms. The van der Waals surface area contributed by atoms with Crippen LogP contribution in [0.2, 0.25) is 0 Å². The van der Waals surface area contributed by atoms with Gasteiger partial charge in [-0.1, -0.05) is 34.1 Å². The van der Waals surface area contributed by atoms with Crippen molar-refractivity contribution in [2.45, 2.75) is 32.9 Å². The lowest BCUT2D eigenvalue weighted by molar-refractivity contribution is -0.143. The van der Waals surface area contributed by atoms with Crippen molar-refractivity contribution in [2.24, 2.45) is 0 Å². The van der Waals surface area contributed by atoms with Crippen molar-refractivity contribution in [3.8, 4) is 0 Å². The Morgan fingerprint density at radius 3 is 2.82 bits per heavy atom. The molecule has 0 bridgehead atoms. The molecule has 3 nitrogen and oxygen atoms in total. The van der Waals surface area contributed by atoms with Crippen LogP contribution in [0, 0.1) is 0 Å². The van der Waals surface area contributed by atoms with Gasteiger partial charge >= 0.3 is 5.97 Å². The highest BCUT2D eigenvalue weighted by atomic mass is 79.9. The standard InChI is InChI=1S/C13H18BrNO2/c1-3-17-13(16)8-10(2)15-9-11-6-4-5-7-12(11)14/h4-7,10,15H,3,8-9H2,1-2H3. The van der Waals surface area contributed by atoms with E-state index in [9.17, 15) is 4.79 Å². The molecule has 1 N–H and O–H groups in total. The molecule has 0 radical (unpaired) electrons. The van der Waals surface area contributed by atoms with Crippen LogP contribution in [0.5, 0.6) is 0 Å². The fourth-order valence-electron chi connectivity index (χ4n) is 1.47. The zero-order chi connectivity index (χ0) is 12.7. The predicted octanol–water partition coefficient (Wildman–Crippen LogP) is 2.88. The molecule has 0 amide bonds. The minimum atomic E-state index is -0.153. The van der Waals surface area contributed by atoms with Crippen molar-refractivity contribution in [3.63, 3.8) is 0 Å². The maximum absolute atomic E-state index is 11.3. The summed E-state index contributed by atoms with van der Waals surface area (Å²) in [4.78, 5) is 11.3. The summed E-state index contributed by atoms with van der Waals surface area (Å²) < 4.78 is 5.98. The summed E-state index contributed by atoms with van der Waals surface area (Å²) in [5.74, 6) is -0.153. The van der Waals surface area contributed by atoms with E-state index >= 15 is 0 Å². The summed E-state index contributed by atoms with van der Waals surface area (Å²) in [6.07, 6.45) is 0.401. The Balaban J connectivity index is 2.35. The molecule has 1 atom stereocenters. The van der Waals surface area contributed by atoms with Gasteiger partial charge in [-0.2, -0.15) is 0 Å². The van der Waals surface area contributed by atoms with Crippen molar-refractivity contribution in [3.05, 3.63) is 34.3 Å². The summed E-state index contributed by atoms with van der Waals surface area (Å²) in [5.41, 5.74) is 1.18. The highest BCUT2D eigenvalue weighted by molar-refractivity contribution is 9.10. The number of halogens is 1. The Hall–Kier alpha value is -0.870. The van der Waals surface area contributed by atoms with Crippen LogP contribution in [-0.2, 0) is 16.1 Å². The van der Waals surface area contributed by atoms with E-state index in [0.717, 1.165) is 11.0 Å². The van der Waals surface area contributed by atoms with Crippen molar-refractivity contribution >= 4 is 21.9 Å². The molecule has 0 aliphatic rings. The van der Waals surface area contributed by atoms with Crippen LogP contribution < -0.4 is 5.32 Å². The number of carbonyl (C=O) groups is 1. The fraction of sp³-hybridized carbons (Fsp3) is 0.462. The van der Waals surface area contributed by atoms with Gasteiger partial charge in [0.25, 0.3) is 0 Å². The lowest BCUT2D eigenvalue weighted by atomic mass is 10.2. The van der Waals surface area contributed by atoms with Gasteiger partial charge in [0.1, 0.15) is 0 Å². The molecule has 0 aliphatic heterocycles. The smallest absolute Gasteiger partial charge is 0.307 e. The zero-order valence-corrected chi connectivity index (χ0v) is 11.8. The Kier molecular flexibility index (Phi) is 6.22. The first-order chi connectivity index (χ1) is 8.13. The summed E-state index contributed by atoms with van der Waals surface area (Å²) in [5, 5.41) is 3.30. The first-order valence-electron chi connectivity index (χ1n) is 5.76. The third-order valence-electron chi connectivity index (χ3n) is 2.38. The van der Waals surface area contributed by atoms with Crippen molar-refractivity contribution in [1.82, 2.24) is 5.32 Å². The monoisotopic (exact) mass is 299 g/mol. The quantitative estimate of drug-likeness (QED) is 0.821. The molecule has 17 heavy (non-hydrogen) atoms. The third-order valence-corrected chi connectivity index (χ3v) is 3.15. The van der Waals surface area contributed by atoms with Crippen LogP contribution in [0.15, 0.2) is 28.7 Å². The van der Waals surface area contributed by atoms with E-state index in [1.165, 1.54) is 5.56 Å². The first-order valence-corrected chi connectivity index (χ1v) is 6.55. The number of hydrogen-bond donors (Lipinski definition) is 1. The van der Waals surface area contributed by atoms with Gasteiger partial charge < -0.3 is 10.1 Å². The average Bonchev–Trinajstić information content (AvgIpc) is 2.28. The molecular formula is C13H18BrNO2. The number of benzene rings is 1. The first kappa shape index (κ1) is 14.2. The Bertz CT molecular complexity index is 368. The SMILES string of the molecule is CCOC(=O)CC(C)NCc1ccccc1Br. The molecule has 0 saturated heterocycles. The molecule has 94 valence electrons. The number of nitrogens with one attached hydrogen (secondary N) is 1. The van der Waals surface area contributed by atoms with Gasteiger partial charge in [-0.25, -0.2) is 0 Å². The molecule has 1 rings (SSSR count). The molecule has 0 heterocycles. The van der Waals surface area contributed by atoms with Gasteiger partial charge in [0, 0.05) is 17.1 Å². The maximum atomic E-state index is 11.3. The van der Waals surface area contributed by atoms with E-state index in [1.54, 1.807) is 0 Å².